The third-order valence-electron chi connectivity index (χ3n) is 4.82. The molecular formula is C20H21NO3. The number of benzene rings is 2. The maximum Gasteiger partial charge on any atom is 0.335 e. The lowest BCUT2D eigenvalue weighted by atomic mass is 10.0. The van der Waals surface area contributed by atoms with Crippen LogP contribution in [0, 0.1) is 0 Å². The Morgan fingerprint density at radius 1 is 1.12 bits per heavy atom. The highest BCUT2D eigenvalue weighted by Gasteiger charge is 2.28. The summed E-state index contributed by atoms with van der Waals surface area (Å²) in [6.45, 7) is 0. The van der Waals surface area contributed by atoms with Crippen molar-refractivity contribution in [2.24, 2.45) is 0 Å². The Balaban J connectivity index is 1.67. The third kappa shape index (κ3) is 3.18. The van der Waals surface area contributed by atoms with Crippen LogP contribution >= 0.6 is 0 Å². The summed E-state index contributed by atoms with van der Waals surface area (Å²) in [5.41, 5.74) is 3.54. The van der Waals surface area contributed by atoms with E-state index in [4.69, 9.17) is 0 Å². The number of fused-ring (bicyclic) bond motifs is 1. The van der Waals surface area contributed by atoms with Crippen LogP contribution in [0.15, 0.2) is 48.5 Å². The van der Waals surface area contributed by atoms with Gasteiger partial charge in [-0.05, 0) is 42.0 Å². The Kier molecular flexibility index (Phi) is 4.65. The number of rotatable bonds is 5. The minimum Gasteiger partial charge on any atom is -0.478 e. The van der Waals surface area contributed by atoms with Crippen molar-refractivity contribution in [3.63, 3.8) is 0 Å². The van der Waals surface area contributed by atoms with Gasteiger partial charge in [0.05, 0.1) is 11.6 Å². The van der Waals surface area contributed by atoms with E-state index in [0.717, 1.165) is 12.8 Å². The summed E-state index contributed by atoms with van der Waals surface area (Å²) in [7, 11) is 1.85. The molecule has 0 saturated carbocycles. The fourth-order valence-corrected chi connectivity index (χ4v) is 3.48. The van der Waals surface area contributed by atoms with Gasteiger partial charge in [0.25, 0.3) is 0 Å². The molecule has 2 aromatic rings. The third-order valence-corrected chi connectivity index (χ3v) is 4.82. The van der Waals surface area contributed by atoms with Crippen LogP contribution in [0.2, 0.25) is 0 Å². The molecule has 1 aliphatic rings. The monoisotopic (exact) mass is 323 g/mol. The Hall–Kier alpha value is -2.62. The van der Waals surface area contributed by atoms with Crippen LogP contribution in [0.3, 0.4) is 0 Å². The smallest absolute Gasteiger partial charge is 0.335 e. The lowest BCUT2D eigenvalue weighted by Crippen LogP contribution is -2.30. The van der Waals surface area contributed by atoms with E-state index >= 15 is 0 Å². The first-order valence-corrected chi connectivity index (χ1v) is 8.22. The highest BCUT2D eigenvalue weighted by molar-refractivity contribution is 5.89. The Morgan fingerprint density at radius 3 is 2.62 bits per heavy atom. The van der Waals surface area contributed by atoms with Crippen LogP contribution < -0.4 is 0 Å². The number of carboxylic acid groups (broad SMARTS) is 1. The van der Waals surface area contributed by atoms with Gasteiger partial charge in [-0.15, -0.1) is 0 Å². The highest BCUT2D eigenvalue weighted by atomic mass is 16.4. The molecular weight excluding hydrogens is 302 g/mol. The van der Waals surface area contributed by atoms with Gasteiger partial charge in [-0.3, -0.25) is 4.79 Å². The SMILES string of the molecule is CN(C(=O)CCc1ccccc1C(=O)O)C1CCc2ccccc21. The maximum absolute atomic E-state index is 12.6. The van der Waals surface area contributed by atoms with Crippen molar-refractivity contribution in [3.05, 3.63) is 70.8 Å². The van der Waals surface area contributed by atoms with Crippen molar-refractivity contribution < 1.29 is 14.7 Å². The van der Waals surface area contributed by atoms with E-state index in [0.29, 0.717) is 18.4 Å². The molecule has 124 valence electrons. The molecule has 0 radical (unpaired) electrons. The molecule has 1 unspecified atom stereocenters. The van der Waals surface area contributed by atoms with Crippen LogP contribution in [0.1, 0.15) is 45.9 Å². The number of hydrogen-bond donors (Lipinski definition) is 1. The van der Waals surface area contributed by atoms with Crippen molar-refractivity contribution in [1.29, 1.82) is 0 Å². The first-order chi connectivity index (χ1) is 11.6. The molecule has 2 aromatic carbocycles. The number of hydrogen-bond acceptors (Lipinski definition) is 2. The molecule has 0 spiro atoms. The lowest BCUT2D eigenvalue weighted by Gasteiger charge is -2.25. The minimum atomic E-state index is -0.948. The van der Waals surface area contributed by atoms with E-state index in [2.05, 4.69) is 12.1 Å². The lowest BCUT2D eigenvalue weighted by molar-refractivity contribution is -0.132. The van der Waals surface area contributed by atoms with E-state index < -0.39 is 5.97 Å². The number of amides is 1. The van der Waals surface area contributed by atoms with Crippen LogP contribution in [0.4, 0.5) is 0 Å². The molecule has 0 bridgehead atoms. The van der Waals surface area contributed by atoms with Gasteiger partial charge in [0.15, 0.2) is 0 Å². The molecule has 1 N–H and O–H groups in total. The molecule has 24 heavy (non-hydrogen) atoms. The summed E-state index contributed by atoms with van der Waals surface area (Å²) in [6.07, 6.45) is 2.72. The molecule has 4 nitrogen and oxygen atoms in total. The number of carbonyl (C=O) groups excluding carboxylic acids is 1. The van der Waals surface area contributed by atoms with E-state index in [1.54, 1.807) is 18.2 Å². The minimum absolute atomic E-state index is 0.0527. The second-order valence-electron chi connectivity index (χ2n) is 6.22. The quantitative estimate of drug-likeness (QED) is 0.916. The predicted molar refractivity (Wildman–Crippen MR) is 92.0 cm³/mol. The van der Waals surface area contributed by atoms with Gasteiger partial charge < -0.3 is 10.0 Å². The molecule has 0 aromatic heterocycles. The molecule has 0 heterocycles. The molecule has 0 aliphatic heterocycles. The average molecular weight is 323 g/mol. The number of aryl methyl sites for hydroxylation is 2. The summed E-state index contributed by atoms with van der Waals surface area (Å²) >= 11 is 0. The van der Waals surface area contributed by atoms with Gasteiger partial charge in [-0.25, -0.2) is 4.79 Å². The number of carboxylic acids is 1. The van der Waals surface area contributed by atoms with E-state index in [9.17, 15) is 14.7 Å². The largest absolute Gasteiger partial charge is 0.478 e. The standard InChI is InChI=1S/C20H21NO3/c1-21(18-12-10-14-6-2-4-8-16(14)18)19(22)13-11-15-7-3-5-9-17(15)20(23)24/h2-9,18H,10-13H2,1H3,(H,23,24). The average Bonchev–Trinajstić information content (AvgIpc) is 3.03. The van der Waals surface area contributed by atoms with E-state index in [1.807, 2.05) is 30.1 Å². The van der Waals surface area contributed by atoms with Gasteiger partial charge >= 0.3 is 5.97 Å². The van der Waals surface area contributed by atoms with Gasteiger partial charge in [0.1, 0.15) is 0 Å². The van der Waals surface area contributed by atoms with Gasteiger partial charge in [0, 0.05) is 13.5 Å². The number of carbonyl (C=O) groups is 2. The highest BCUT2D eigenvalue weighted by Crippen LogP contribution is 2.35. The molecule has 1 amide bonds. The van der Waals surface area contributed by atoms with E-state index in [1.165, 1.54) is 11.1 Å². The molecule has 0 saturated heterocycles. The van der Waals surface area contributed by atoms with Gasteiger partial charge in [-0.2, -0.15) is 0 Å². The molecule has 1 aliphatic carbocycles. The maximum atomic E-state index is 12.6. The topological polar surface area (TPSA) is 57.6 Å². The van der Waals surface area contributed by atoms with Crippen molar-refractivity contribution in [1.82, 2.24) is 4.90 Å². The van der Waals surface area contributed by atoms with Crippen molar-refractivity contribution in [2.45, 2.75) is 31.7 Å². The fourth-order valence-electron chi connectivity index (χ4n) is 3.48. The Morgan fingerprint density at radius 2 is 1.83 bits per heavy atom. The summed E-state index contributed by atoms with van der Waals surface area (Å²) < 4.78 is 0. The Bertz CT molecular complexity index is 769. The molecule has 4 heteroatoms. The van der Waals surface area contributed by atoms with Crippen molar-refractivity contribution in [3.8, 4) is 0 Å². The Labute approximate surface area is 141 Å². The predicted octanol–water partition coefficient (Wildman–Crippen LogP) is 3.46. The van der Waals surface area contributed by atoms with Crippen molar-refractivity contribution >= 4 is 11.9 Å². The first kappa shape index (κ1) is 16.2. The number of nitrogens with zero attached hydrogens (tertiary/aromatic N) is 1. The van der Waals surface area contributed by atoms with Crippen LogP contribution in [-0.4, -0.2) is 28.9 Å². The molecule has 1 atom stereocenters. The van der Waals surface area contributed by atoms with Crippen LogP contribution in [-0.2, 0) is 17.6 Å². The first-order valence-electron chi connectivity index (χ1n) is 8.22. The summed E-state index contributed by atoms with van der Waals surface area (Å²) in [4.78, 5) is 25.6. The summed E-state index contributed by atoms with van der Waals surface area (Å²) in [5, 5.41) is 9.23. The van der Waals surface area contributed by atoms with Crippen LogP contribution in [0.25, 0.3) is 0 Å². The van der Waals surface area contributed by atoms with Crippen molar-refractivity contribution in [2.75, 3.05) is 7.05 Å². The normalized spacial score (nSPS) is 15.8. The zero-order valence-corrected chi connectivity index (χ0v) is 13.7. The molecule has 3 rings (SSSR count). The zero-order chi connectivity index (χ0) is 17.1. The second-order valence-corrected chi connectivity index (χ2v) is 6.22. The van der Waals surface area contributed by atoms with Gasteiger partial charge in [0.2, 0.25) is 5.91 Å². The van der Waals surface area contributed by atoms with Crippen LogP contribution in [0.5, 0.6) is 0 Å². The second kappa shape index (κ2) is 6.87. The summed E-state index contributed by atoms with van der Waals surface area (Å²) in [5.74, 6) is -0.895. The zero-order valence-electron chi connectivity index (χ0n) is 13.7. The summed E-state index contributed by atoms with van der Waals surface area (Å²) in [6, 6.07) is 15.3. The number of aromatic carboxylic acids is 1. The fraction of sp³-hybridized carbons (Fsp3) is 0.300. The molecule has 0 fully saturated rings. The van der Waals surface area contributed by atoms with E-state index in [-0.39, 0.29) is 17.5 Å². The van der Waals surface area contributed by atoms with Gasteiger partial charge in [-0.1, -0.05) is 42.5 Å².